The Morgan fingerprint density at radius 2 is 0.818 bits per heavy atom. The minimum atomic E-state index is -0.154. The molecule has 0 saturated carbocycles. The fourth-order valence-electron chi connectivity index (χ4n) is 9.62. The molecule has 0 radical (unpaired) electrons. The first-order valence-electron chi connectivity index (χ1n) is 19.1. The molecule has 1 aliphatic carbocycles. The lowest BCUT2D eigenvalue weighted by molar-refractivity contribution is 0.660. The average molecular weight is 703 g/mol. The Labute approximate surface area is 317 Å². The predicted molar refractivity (Wildman–Crippen MR) is 230 cm³/mol. The Balaban J connectivity index is 0.986. The molecule has 11 aromatic rings. The molecular formula is C53H34O2. The van der Waals surface area contributed by atoms with Gasteiger partial charge in [0.1, 0.15) is 22.3 Å². The second-order valence-electron chi connectivity index (χ2n) is 15.6. The summed E-state index contributed by atoms with van der Waals surface area (Å²) in [5.74, 6) is 0. The molecule has 2 heteroatoms. The number of furan rings is 2. The van der Waals surface area contributed by atoms with Crippen molar-refractivity contribution in [3.8, 4) is 44.5 Å². The molecule has 2 aromatic heterocycles. The smallest absolute Gasteiger partial charge is 0.136 e. The van der Waals surface area contributed by atoms with Crippen molar-refractivity contribution in [3.05, 3.63) is 181 Å². The van der Waals surface area contributed by atoms with Crippen LogP contribution in [0.25, 0.3) is 110 Å². The van der Waals surface area contributed by atoms with Crippen LogP contribution >= 0.6 is 0 Å². The minimum Gasteiger partial charge on any atom is -0.456 e. The molecule has 12 rings (SSSR count). The van der Waals surface area contributed by atoms with Gasteiger partial charge in [0, 0.05) is 27.0 Å². The lowest BCUT2D eigenvalue weighted by atomic mass is 9.80. The van der Waals surface area contributed by atoms with Crippen molar-refractivity contribution in [1.29, 1.82) is 0 Å². The van der Waals surface area contributed by atoms with Crippen molar-refractivity contribution in [2.45, 2.75) is 19.3 Å². The zero-order valence-electron chi connectivity index (χ0n) is 30.5. The SMILES string of the molecule is CC1(C)c2ccc(-c3ccc4c(c3)oc3cc5c(cc34)oc3ccccc35)cc2-c2ccc(-c3c4ccccc4c(-c4ccccc4)c4ccccc34)cc21. The Morgan fingerprint density at radius 1 is 0.309 bits per heavy atom. The number of benzene rings is 9. The van der Waals surface area contributed by atoms with Crippen LogP contribution in [0.5, 0.6) is 0 Å². The highest BCUT2D eigenvalue weighted by Gasteiger charge is 2.36. The quantitative estimate of drug-likeness (QED) is 0.171. The number of para-hydroxylation sites is 1. The van der Waals surface area contributed by atoms with Crippen LogP contribution in [0, 0.1) is 0 Å². The molecule has 0 amide bonds. The van der Waals surface area contributed by atoms with Crippen LogP contribution < -0.4 is 0 Å². The van der Waals surface area contributed by atoms with Crippen LogP contribution in [0.3, 0.4) is 0 Å². The van der Waals surface area contributed by atoms with Gasteiger partial charge in [-0.15, -0.1) is 0 Å². The summed E-state index contributed by atoms with van der Waals surface area (Å²) < 4.78 is 12.7. The molecule has 0 N–H and O–H groups in total. The maximum absolute atomic E-state index is 6.53. The molecular weight excluding hydrogens is 669 g/mol. The fraction of sp³-hybridized carbons (Fsp3) is 0.0566. The normalized spacial score (nSPS) is 13.4. The van der Waals surface area contributed by atoms with E-state index >= 15 is 0 Å². The van der Waals surface area contributed by atoms with Crippen molar-refractivity contribution in [2.75, 3.05) is 0 Å². The standard InChI is InChI=1S/C53H34O2/c1-53(2)45-25-22-32(33-20-24-37-44-30-49-43(29-50(44)55-48(37)28-33)36-14-10-11-19-47(36)54-49)26-42(45)35-23-21-34(27-46(35)53)52-40-17-8-6-15-38(40)51(31-12-4-3-5-13-31)39-16-7-9-18-41(39)52/h3-30H,1-2H3. The molecule has 2 nitrogen and oxygen atoms in total. The zero-order valence-corrected chi connectivity index (χ0v) is 30.5. The topological polar surface area (TPSA) is 26.3 Å². The van der Waals surface area contributed by atoms with E-state index in [9.17, 15) is 0 Å². The molecule has 9 aromatic carbocycles. The van der Waals surface area contributed by atoms with E-state index in [-0.39, 0.29) is 5.41 Å². The van der Waals surface area contributed by atoms with Crippen LogP contribution in [0.2, 0.25) is 0 Å². The van der Waals surface area contributed by atoms with Gasteiger partial charge in [-0.1, -0.05) is 141 Å². The monoisotopic (exact) mass is 702 g/mol. The second-order valence-corrected chi connectivity index (χ2v) is 15.6. The number of rotatable bonds is 3. The maximum Gasteiger partial charge on any atom is 0.136 e. The van der Waals surface area contributed by atoms with Gasteiger partial charge in [-0.25, -0.2) is 0 Å². The van der Waals surface area contributed by atoms with Crippen LogP contribution in [-0.2, 0) is 5.41 Å². The van der Waals surface area contributed by atoms with Crippen LogP contribution in [0.1, 0.15) is 25.0 Å². The summed E-state index contributed by atoms with van der Waals surface area (Å²) in [6.45, 7) is 4.74. The van der Waals surface area contributed by atoms with Gasteiger partial charge in [-0.05, 0) is 120 Å². The number of hydrogen-bond acceptors (Lipinski definition) is 2. The molecule has 0 atom stereocenters. The second kappa shape index (κ2) is 11.1. The zero-order chi connectivity index (χ0) is 36.4. The summed E-state index contributed by atoms with van der Waals surface area (Å²) in [5, 5.41) is 9.46. The van der Waals surface area contributed by atoms with Crippen molar-refractivity contribution in [3.63, 3.8) is 0 Å². The van der Waals surface area contributed by atoms with Crippen LogP contribution in [0.15, 0.2) is 179 Å². The van der Waals surface area contributed by atoms with Crippen molar-refractivity contribution in [2.24, 2.45) is 0 Å². The molecule has 258 valence electrons. The van der Waals surface area contributed by atoms with Gasteiger partial charge in [-0.3, -0.25) is 0 Å². The Hall–Kier alpha value is -6.90. The molecule has 1 aliphatic rings. The van der Waals surface area contributed by atoms with E-state index in [0.29, 0.717) is 0 Å². The third kappa shape index (κ3) is 4.31. The van der Waals surface area contributed by atoms with Crippen LogP contribution in [0.4, 0.5) is 0 Å². The largest absolute Gasteiger partial charge is 0.456 e. The number of fused-ring (bicyclic) bond motifs is 11. The van der Waals surface area contributed by atoms with E-state index in [1.54, 1.807) is 0 Å². The Bertz CT molecular complexity index is 3340. The van der Waals surface area contributed by atoms with Crippen LogP contribution in [-0.4, -0.2) is 0 Å². The van der Waals surface area contributed by atoms with Gasteiger partial charge >= 0.3 is 0 Å². The average Bonchev–Trinajstić information content (AvgIpc) is 3.85. The molecule has 0 spiro atoms. The molecule has 0 bridgehead atoms. The van der Waals surface area contributed by atoms with Gasteiger partial charge in [0.05, 0.1) is 0 Å². The minimum absolute atomic E-state index is 0.154. The Kier molecular flexibility index (Phi) is 6.15. The van der Waals surface area contributed by atoms with Gasteiger partial charge in [0.25, 0.3) is 0 Å². The lowest BCUT2D eigenvalue weighted by Gasteiger charge is -2.23. The summed E-state index contributed by atoms with van der Waals surface area (Å²) in [5.41, 5.74) is 16.1. The number of hydrogen-bond donors (Lipinski definition) is 0. The van der Waals surface area contributed by atoms with Gasteiger partial charge in [0.2, 0.25) is 0 Å². The first-order valence-corrected chi connectivity index (χ1v) is 19.1. The summed E-state index contributed by atoms with van der Waals surface area (Å²) in [6.07, 6.45) is 0. The van der Waals surface area contributed by atoms with E-state index in [2.05, 4.69) is 172 Å². The maximum atomic E-state index is 6.53. The third-order valence-corrected chi connectivity index (χ3v) is 12.3. The lowest BCUT2D eigenvalue weighted by Crippen LogP contribution is -2.15. The summed E-state index contributed by atoms with van der Waals surface area (Å²) in [4.78, 5) is 0. The highest BCUT2D eigenvalue weighted by molar-refractivity contribution is 6.21. The molecule has 0 unspecified atom stereocenters. The molecule has 55 heavy (non-hydrogen) atoms. The van der Waals surface area contributed by atoms with Crippen molar-refractivity contribution >= 4 is 65.4 Å². The summed E-state index contributed by atoms with van der Waals surface area (Å²) >= 11 is 0. The van der Waals surface area contributed by atoms with Crippen molar-refractivity contribution in [1.82, 2.24) is 0 Å². The van der Waals surface area contributed by atoms with E-state index in [1.165, 1.54) is 71.6 Å². The van der Waals surface area contributed by atoms with Gasteiger partial charge < -0.3 is 8.83 Å². The van der Waals surface area contributed by atoms with Gasteiger partial charge in [-0.2, -0.15) is 0 Å². The van der Waals surface area contributed by atoms with E-state index in [1.807, 2.05) is 12.1 Å². The van der Waals surface area contributed by atoms with E-state index in [4.69, 9.17) is 8.83 Å². The fourth-order valence-corrected chi connectivity index (χ4v) is 9.62. The van der Waals surface area contributed by atoms with Crippen molar-refractivity contribution < 1.29 is 8.83 Å². The highest BCUT2D eigenvalue weighted by atomic mass is 16.3. The molecule has 0 aliphatic heterocycles. The summed E-state index contributed by atoms with van der Waals surface area (Å²) in [7, 11) is 0. The predicted octanol–water partition coefficient (Wildman–Crippen LogP) is 15.1. The molecule has 0 fully saturated rings. The summed E-state index contributed by atoms with van der Waals surface area (Å²) in [6, 6.07) is 61.9. The van der Waals surface area contributed by atoms with E-state index in [0.717, 1.165) is 49.4 Å². The first-order chi connectivity index (χ1) is 27.0. The molecule has 0 saturated heterocycles. The van der Waals surface area contributed by atoms with E-state index < -0.39 is 0 Å². The van der Waals surface area contributed by atoms with Gasteiger partial charge in [0.15, 0.2) is 0 Å². The Morgan fingerprint density at radius 3 is 1.51 bits per heavy atom. The highest BCUT2D eigenvalue weighted by Crippen LogP contribution is 2.52. The first kappa shape index (κ1) is 30.6. The third-order valence-electron chi connectivity index (χ3n) is 12.3. The molecule has 2 heterocycles.